The minimum Gasteiger partial charge on any atom is -0.329 e. The van der Waals surface area contributed by atoms with Crippen molar-refractivity contribution in [1.82, 2.24) is 0 Å². The van der Waals surface area contributed by atoms with E-state index in [1.165, 1.54) is 11.1 Å². The normalized spacial score (nSPS) is 14.6. The standard InChI is InChI=1S/C17H19N/c1-17(14-18,16-10-6-3-7-11-16)13-12-15-8-4-2-5-9-15/h2-13H,14,18H2,1H3. The maximum absolute atomic E-state index is 5.95. The Hall–Kier alpha value is -1.86. The number of hydrogen-bond acceptors (Lipinski definition) is 1. The molecule has 2 N–H and O–H groups in total. The quantitative estimate of drug-likeness (QED) is 0.863. The molecule has 2 aromatic rings. The summed E-state index contributed by atoms with van der Waals surface area (Å²) in [7, 11) is 0. The monoisotopic (exact) mass is 237 g/mol. The lowest BCUT2D eigenvalue weighted by Gasteiger charge is -2.24. The average molecular weight is 237 g/mol. The first-order chi connectivity index (χ1) is 8.74. The Morgan fingerprint density at radius 2 is 1.50 bits per heavy atom. The molecule has 2 rings (SSSR count). The predicted molar refractivity (Wildman–Crippen MR) is 78.3 cm³/mol. The second kappa shape index (κ2) is 5.65. The van der Waals surface area contributed by atoms with E-state index in [1.807, 2.05) is 24.3 Å². The van der Waals surface area contributed by atoms with Gasteiger partial charge in [-0.3, -0.25) is 0 Å². The van der Waals surface area contributed by atoms with Crippen LogP contribution in [0.25, 0.3) is 6.08 Å². The van der Waals surface area contributed by atoms with E-state index in [4.69, 9.17) is 5.73 Å². The van der Waals surface area contributed by atoms with E-state index < -0.39 is 0 Å². The lowest BCUT2D eigenvalue weighted by molar-refractivity contribution is 0.611. The molecular weight excluding hydrogens is 218 g/mol. The van der Waals surface area contributed by atoms with Crippen LogP contribution in [0.3, 0.4) is 0 Å². The second-order valence-corrected chi connectivity index (χ2v) is 4.73. The molecule has 0 bridgehead atoms. The Labute approximate surface area is 109 Å². The molecule has 1 nitrogen and oxygen atoms in total. The Kier molecular flexibility index (Phi) is 3.96. The summed E-state index contributed by atoms with van der Waals surface area (Å²) in [6.45, 7) is 2.77. The van der Waals surface area contributed by atoms with Crippen molar-refractivity contribution in [2.75, 3.05) is 6.54 Å². The highest BCUT2D eigenvalue weighted by Gasteiger charge is 2.20. The summed E-state index contributed by atoms with van der Waals surface area (Å²) in [6.07, 6.45) is 4.33. The van der Waals surface area contributed by atoms with Gasteiger partial charge in [0.2, 0.25) is 0 Å². The molecule has 1 atom stereocenters. The number of benzene rings is 2. The van der Waals surface area contributed by atoms with Crippen molar-refractivity contribution in [1.29, 1.82) is 0 Å². The van der Waals surface area contributed by atoms with Crippen LogP contribution in [0.5, 0.6) is 0 Å². The van der Waals surface area contributed by atoms with Crippen molar-refractivity contribution in [3.63, 3.8) is 0 Å². The molecule has 0 radical (unpaired) electrons. The van der Waals surface area contributed by atoms with Gasteiger partial charge in [0.05, 0.1) is 0 Å². The fraction of sp³-hybridized carbons (Fsp3) is 0.176. The van der Waals surface area contributed by atoms with Gasteiger partial charge in [-0.2, -0.15) is 0 Å². The second-order valence-electron chi connectivity index (χ2n) is 4.73. The summed E-state index contributed by atoms with van der Waals surface area (Å²) >= 11 is 0. The van der Waals surface area contributed by atoms with Crippen molar-refractivity contribution < 1.29 is 0 Å². The minimum atomic E-state index is -0.114. The first-order valence-electron chi connectivity index (χ1n) is 6.24. The zero-order valence-electron chi connectivity index (χ0n) is 10.7. The van der Waals surface area contributed by atoms with E-state index in [1.54, 1.807) is 0 Å². The van der Waals surface area contributed by atoms with Gasteiger partial charge in [0.15, 0.2) is 0 Å². The van der Waals surface area contributed by atoms with Crippen molar-refractivity contribution >= 4 is 6.08 Å². The number of rotatable bonds is 4. The predicted octanol–water partition coefficient (Wildman–Crippen LogP) is 3.62. The van der Waals surface area contributed by atoms with Gasteiger partial charge in [-0.1, -0.05) is 79.7 Å². The van der Waals surface area contributed by atoms with Gasteiger partial charge in [0, 0.05) is 12.0 Å². The summed E-state index contributed by atoms with van der Waals surface area (Å²) in [6, 6.07) is 20.7. The molecule has 0 heterocycles. The molecule has 0 saturated carbocycles. The van der Waals surface area contributed by atoms with Gasteiger partial charge in [-0.25, -0.2) is 0 Å². The van der Waals surface area contributed by atoms with Crippen LogP contribution in [-0.2, 0) is 5.41 Å². The third-order valence-corrected chi connectivity index (χ3v) is 3.30. The molecule has 0 amide bonds. The third-order valence-electron chi connectivity index (χ3n) is 3.30. The highest BCUT2D eigenvalue weighted by molar-refractivity contribution is 5.52. The molecule has 0 aliphatic heterocycles. The Bertz CT molecular complexity index is 502. The van der Waals surface area contributed by atoms with Crippen molar-refractivity contribution in [2.24, 2.45) is 5.73 Å². The Morgan fingerprint density at radius 1 is 0.944 bits per heavy atom. The molecule has 1 unspecified atom stereocenters. The molecule has 2 aromatic carbocycles. The number of hydrogen-bond donors (Lipinski definition) is 1. The molecule has 0 saturated heterocycles. The maximum Gasteiger partial charge on any atom is 0.0229 e. The van der Waals surface area contributed by atoms with Crippen LogP contribution in [0.2, 0.25) is 0 Å². The largest absolute Gasteiger partial charge is 0.329 e. The molecular formula is C17H19N. The molecule has 0 aliphatic carbocycles. The van der Waals surface area contributed by atoms with Crippen LogP contribution in [0.4, 0.5) is 0 Å². The summed E-state index contributed by atoms with van der Waals surface area (Å²) in [5.41, 5.74) is 8.29. The summed E-state index contributed by atoms with van der Waals surface area (Å²) < 4.78 is 0. The smallest absolute Gasteiger partial charge is 0.0229 e. The Balaban J connectivity index is 2.27. The third kappa shape index (κ3) is 2.88. The van der Waals surface area contributed by atoms with Crippen LogP contribution in [0, 0.1) is 0 Å². The first-order valence-corrected chi connectivity index (χ1v) is 6.24. The van der Waals surface area contributed by atoms with E-state index in [2.05, 4.69) is 55.5 Å². The first kappa shape index (κ1) is 12.6. The number of nitrogens with two attached hydrogens (primary N) is 1. The molecule has 0 spiro atoms. The maximum atomic E-state index is 5.95. The minimum absolute atomic E-state index is 0.114. The zero-order chi connectivity index (χ0) is 12.8. The van der Waals surface area contributed by atoms with E-state index in [0.717, 1.165) is 0 Å². The van der Waals surface area contributed by atoms with Crippen LogP contribution in [0.15, 0.2) is 66.7 Å². The van der Waals surface area contributed by atoms with Gasteiger partial charge < -0.3 is 5.73 Å². The van der Waals surface area contributed by atoms with Gasteiger partial charge >= 0.3 is 0 Å². The summed E-state index contributed by atoms with van der Waals surface area (Å²) in [5.74, 6) is 0. The van der Waals surface area contributed by atoms with Gasteiger partial charge in [0.25, 0.3) is 0 Å². The lowest BCUT2D eigenvalue weighted by Crippen LogP contribution is -2.29. The fourth-order valence-corrected chi connectivity index (χ4v) is 1.95. The van der Waals surface area contributed by atoms with Crippen molar-refractivity contribution in [3.05, 3.63) is 77.9 Å². The summed E-state index contributed by atoms with van der Waals surface area (Å²) in [5, 5.41) is 0. The van der Waals surface area contributed by atoms with E-state index >= 15 is 0 Å². The molecule has 0 aromatic heterocycles. The van der Waals surface area contributed by atoms with E-state index in [9.17, 15) is 0 Å². The molecule has 0 aliphatic rings. The molecule has 18 heavy (non-hydrogen) atoms. The topological polar surface area (TPSA) is 26.0 Å². The Morgan fingerprint density at radius 3 is 2.06 bits per heavy atom. The lowest BCUT2D eigenvalue weighted by atomic mass is 9.82. The highest BCUT2D eigenvalue weighted by atomic mass is 14.6. The highest BCUT2D eigenvalue weighted by Crippen LogP contribution is 2.24. The van der Waals surface area contributed by atoms with Crippen LogP contribution >= 0.6 is 0 Å². The zero-order valence-corrected chi connectivity index (χ0v) is 10.7. The van der Waals surface area contributed by atoms with Crippen LogP contribution in [-0.4, -0.2) is 6.54 Å². The molecule has 0 fully saturated rings. The van der Waals surface area contributed by atoms with E-state index in [0.29, 0.717) is 6.54 Å². The fourth-order valence-electron chi connectivity index (χ4n) is 1.95. The SMILES string of the molecule is CC(C=Cc1ccccc1)(CN)c1ccccc1. The van der Waals surface area contributed by atoms with Crippen LogP contribution in [0.1, 0.15) is 18.1 Å². The van der Waals surface area contributed by atoms with Crippen molar-refractivity contribution in [2.45, 2.75) is 12.3 Å². The summed E-state index contributed by atoms with van der Waals surface area (Å²) in [4.78, 5) is 0. The van der Waals surface area contributed by atoms with E-state index in [-0.39, 0.29) is 5.41 Å². The van der Waals surface area contributed by atoms with Gasteiger partial charge in [-0.15, -0.1) is 0 Å². The van der Waals surface area contributed by atoms with Crippen LogP contribution < -0.4 is 5.73 Å². The molecule has 92 valence electrons. The van der Waals surface area contributed by atoms with Gasteiger partial charge in [-0.05, 0) is 11.1 Å². The molecule has 1 heteroatoms. The van der Waals surface area contributed by atoms with Gasteiger partial charge in [0.1, 0.15) is 0 Å². The average Bonchev–Trinajstić information content (AvgIpc) is 2.47. The van der Waals surface area contributed by atoms with Crippen molar-refractivity contribution in [3.8, 4) is 0 Å².